The molecule has 0 saturated heterocycles. The van der Waals surface area contributed by atoms with Gasteiger partial charge < -0.3 is 10.2 Å². The Morgan fingerprint density at radius 3 is 1.45 bits per heavy atom. The van der Waals surface area contributed by atoms with Crippen molar-refractivity contribution >= 4 is 12.4 Å². The maximum atomic E-state index is 8.98. The Kier molecular flexibility index (Phi) is 6.54. The first-order chi connectivity index (χ1) is 9.65. The average Bonchev–Trinajstić information content (AvgIpc) is 2.40. The Balaban J connectivity index is 0.000000200. The van der Waals surface area contributed by atoms with Crippen LogP contribution in [0.15, 0.2) is 58.5 Å². The molecule has 104 valence electrons. The number of phenolic OH excluding ortho intramolecular Hbond substituents is 2. The number of hydrogen-bond donors (Lipinski definition) is 2. The van der Waals surface area contributed by atoms with Crippen LogP contribution in [0.4, 0.5) is 0 Å². The van der Waals surface area contributed by atoms with E-state index in [4.69, 9.17) is 10.2 Å². The minimum atomic E-state index is 0.275. The van der Waals surface area contributed by atoms with Gasteiger partial charge in [0.2, 0.25) is 0 Å². The summed E-state index contributed by atoms with van der Waals surface area (Å²) in [6, 6.07) is 13.9. The number of nitrogens with zero attached hydrogens (tertiary/aromatic N) is 2. The predicted octanol–water partition coefficient (Wildman–Crippen LogP) is 2.88. The van der Waals surface area contributed by atoms with Crippen LogP contribution in [0.5, 0.6) is 11.5 Å². The highest BCUT2D eigenvalue weighted by molar-refractivity contribution is 5.80. The zero-order valence-corrected chi connectivity index (χ0v) is 11.6. The minimum Gasteiger partial charge on any atom is -0.508 e. The monoisotopic (exact) mass is 270 g/mol. The Morgan fingerprint density at radius 2 is 1.15 bits per heavy atom. The van der Waals surface area contributed by atoms with Gasteiger partial charge in [0.05, 0.1) is 0 Å². The lowest BCUT2D eigenvalue weighted by atomic mass is 10.2. The van der Waals surface area contributed by atoms with E-state index in [9.17, 15) is 0 Å². The summed E-state index contributed by atoms with van der Waals surface area (Å²) >= 11 is 0. The number of phenols is 2. The highest BCUT2D eigenvalue weighted by Gasteiger charge is 1.88. The molecule has 2 N–H and O–H groups in total. The van der Waals surface area contributed by atoms with Crippen LogP contribution in [0, 0.1) is 0 Å². The lowest BCUT2D eigenvalue weighted by molar-refractivity contribution is 0.474. The highest BCUT2D eigenvalue weighted by atomic mass is 16.3. The Labute approximate surface area is 118 Å². The van der Waals surface area contributed by atoms with Crippen LogP contribution in [0.1, 0.15) is 11.1 Å². The van der Waals surface area contributed by atoms with Gasteiger partial charge in [-0.1, -0.05) is 24.3 Å². The van der Waals surface area contributed by atoms with Crippen molar-refractivity contribution in [3.8, 4) is 11.5 Å². The van der Waals surface area contributed by atoms with Crippen molar-refractivity contribution in [2.75, 3.05) is 14.1 Å². The van der Waals surface area contributed by atoms with Crippen LogP contribution in [-0.2, 0) is 0 Å². The SMILES string of the molecule is CN=Cc1cccc(O)c1.CN=Cc1cccc(O)c1. The molecular formula is C16H18N2O2. The normalized spacial score (nSPS) is 10.5. The van der Waals surface area contributed by atoms with E-state index in [1.807, 2.05) is 12.1 Å². The molecule has 0 amide bonds. The molecule has 2 rings (SSSR count). The van der Waals surface area contributed by atoms with E-state index in [1.165, 1.54) is 0 Å². The average molecular weight is 270 g/mol. The fourth-order valence-corrected chi connectivity index (χ4v) is 1.51. The number of aliphatic imine (C=N–C) groups is 2. The van der Waals surface area contributed by atoms with E-state index < -0.39 is 0 Å². The van der Waals surface area contributed by atoms with Crippen LogP contribution in [0.25, 0.3) is 0 Å². The largest absolute Gasteiger partial charge is 0.508 e. The van der Waals surface area contributed by atoms with Gasteiger partial charge in [0.1, 0.15) is 11.5 Å². The van der Waals surface area contributed by atoms with Crippen molar-refractivity contribution in [2.24, 2.45) is 9.98 Å². The number of benzene rings is 2. The van der Waals surface area contributed by atoms with Crippen LogP contribution in [0.2, 0.25) is 0 Å². The van der Waals surface area contributed by atoms with Crippen LogP contribution < -0.4 is 0 Å². The molecule has 0 fully saturated rings. The third kappa shape index (κ3) is 5.82. The molecule has 0 bridgehead atoms. The fraction of sp³-hybridized carbons (Fsp3) is 0.125. The predicted molar refractivity (Wildman–Crippen MR) is 83.2 cm³/mol. The van der Waals surface area contributed by atoms with Gasteiger partial charge >= 0.3 is 0 Å². The van der Waals surface area contributed by atoms with E-state index in [1.54, 1.807) is 62.9 Å². The molecule has 0 radical (unpaired) electrons. The van der Waals surface area contributed by atoms with Gasteiger partial charge in [-0.05, 0) is 35.4 Å². The van der Waals surface area contributed by atoms with Crippen molar-refractivity contribution in [2.45, 2.75) is 0 Å². The zero-order valence-electron chi connectivity index (χ0n) is 11.6. The molecule has 0 saturated carbocycles. The minimum absolute atomic E-state index is 0.275. The molecule has 4 nitrogen and oxygen atoms in total. The summed E-state index contributed by atoms with van der Waals surface area (Å²) in [5.41, 5.74) is 1.84. The quantitative estimate of drug-likeness (QED) is 0.824. The van der Waals surface area contributed by atoms with Gasteiger partial charge in [-0.2, -0.15) is 0 Å². The molecule has 2 aromatic rings. The standard InChI is InChI=1S/2C8H9NO/c2*1-9-6-7-3-2-4-8(10)5-7/h2*2-6,10H,1H3. The van der Waals surface area contributed by atoms with Gasteiger partial charge in [0, 0.05) is 26.5 Å². The van der Waals surface area contributed by atoms with E-state index in [-0.39, 0.29) is 11.5 Å². The van der Waals surface area contributed by atoms with E-state index in [0.717, 1.165) is 11.1 Å². The third-order valence-corrected chi connectivity index (χ3v) is 2.30. The van der Waals surface area contributed by atoms with Gasteiger partial charge in [-0.25, -0.2) is 0 Å². The lowest BCUT2D eigenvalue weighted by Crippen LogP contribution is -1.77. The maximum absolute atomic E-state index is 8.98. The molecule has 2 aromatic carbocycles. The molecule has 4 heteroatoms. The summed E-state index contributed by atoms with van der Waals surface area (Å²) < 4.78 is 0. The van der Waals surface area contributed by atoms with E-state index >= 15 is 0 Å². The second kappa shape index (κ2) is 8.48. The molecule has 0 spiro atoms. The number of hydrogen-bond acceptors (Lipinski definition) is 4. The summed E-state index contributed by atoms with van der Waals surface area (Å²) in [5, 5.41) is 18.0. The lowest BCUT2D eigenvalue weighted by Gasteiger charge is -1.91. The van der Waals surface area contributed by atoms with Gasteiger partial charge in [0.15, 0.2) is 0 Å². The van der Waals surface area contributed by atoms with Crippen molar-refractivity contribution in [3.63, 3.8) is 0 Å². The Bertz CT molecular complexity index is 539. The smallest absolute Gasteiger partial charge is 0.116 e. The summed E-state index contributed by atoms with van der Waals surface area (Å²) in [7, 11) is 3.40. The van der Waals surface area contributed by atoms with Gasteiger partial charge in [-0.3, -0.25) is 9.98 Å². The fourth-order valence-electron chi connectivity index (χ4n) is 1.51. The van der Waals surface area contributed by atoms with Crippen molar-refractivity contribution in [1.29, 1.82) is 0 Å². The molecule has 0 aromatic heterocycles. The first kappa shape index (κ1) is 15.4. The molecule has 20 heavy (non-hydrogen) atoms. The molecule has 0 unspecified atom stereocenters. The molecule has 0 aliphatic carbocycles. The second-order valence-corrected chi connectivity index (χ2v) is 3.96. The van der Waals surface area contributed by atoms with Gasteiger partial charge in [0.25, 0.3) is 0 Å². The number of aromatic hydroxyl groups is 2. The summed E-state index contributed by atoms with van der Waals surface area (Å²) in [6.07, 6.45) is 3.39. The van der Waals surface area contributed by atoms with Crippen molar-refractivity contribution < 1.29 is 10.2 Å². The van der Waals surface area contributed by atoms with Crippen LogP contribution in [-0.4, -0.2) is 36.7 Å². The third-order valence-electron chi connectivity index (χ3n) is 2.30. The summed E-state index contributed by atoms with van der Waals surface area (Å²) in [5.74, 6) is 0.551. The van der Waals surface area contributed by atoms with Crippen molar-refractivity contribution in [1.82, 2.24) is 0 Å². The maximum Gasteiger partial charge on any atom is 0.116 e. The Morgan fingerprint density at radius 1 is 0.750 bits per heavy atom. The Hall–Kier alpha value is -2.62. The first-order valence-electron chi connectivity index (χ1n) is 6.08. The van der Waals surface area contributed by atoms with Gasteiger partial charge in [-0.15, -0.1) is 0 Å². The molecular weight excluding hydrogens is 252 g/mol. The van der Waals surface area contributed by atoms with Crippen LogP contribution >= 0.6 is 0 Å². The molecule has 0 aliphatic heterocycles. The van der Waals surface area contributed by atoms with E-state index in [2.05, 4.69) is 9.98 Å². The molecule has 0 atom stereocenters. The van der Waals surface area contributed by atoms with Crippen molar-refractivity contribution in [3.05, 3.63) is 59.7 Å². The zero-order chi connectivity index (χ0) is 14.8. The highest BCUT2D eigenvalue weighted by Crippen LogP contribution is 2.09. The number of rotatable bonds is 2. The van der Waals surface area contributed by atoms with E-state index in [0.29, 0.717) is 0 Å². The topological polar surface area (TPSA) is 65.2 Å². The second-order valence-electron chi connectivity index (χ2n) is 3.96. The summed E-state index contributed by atoms with van der Waals surface area (Å²) in [6.45, 7) is 0. The first-order valence-corrected chi connectivity index (χ1v) is 6.08. The van der Waals surface area contributed by atoms with Crippen LogP contribution in [0.3, 0.4) is 0 Å². The molecule has 0 aliphatic rings. The summed E-state index contributed by atoms with van der Waals surface area (Å²) in [4.78, 5) is 7.62. The molecule has 0 heterocycles.